The van der Waals surface area contributed by atoms with Crippen LogP contribution in [0.3, 0.4) is 0 Å². The third-order valence-corrected chi connectivity index (χ3v) is 4.14. The third-order valence-electron chi connectivity index (χ3n) is 4.14. The van der Waals surface area contributed by atoms with Gasteiger partial charge in [0.2, 0.25) is 0 Å². The minimum absolute atomic E-state index is 0.969. The molecule has 86 valence electrons. The van der Waals surface area contributed by atoms with Gasteiger partial charge < -0.3 is 5.32 Å². The number of likely N-dealkylation sites (tertiary alicyclic amines) is 1. The molecule has 1 aromatic carbocycles. The summed E-state index contributed by atoms with van der Waals surface area (Å²) in [5, 5.41) is 3.30. The first-order valence-electron chi connectivity index (χ1n) is 6.29. The molecule has 0 radical (unpaired) electrons. The van der Waals surface area contributed by atoms with Crippen molar-refractivity contribution in [2.24, 2.45) is 17.8 Å². The Labute approximate surface area is 97.6 Å². The first-order chi connectivity index (χ1) is 7.88. The van der Waals surface area contributed by atoms with E-state index in [0.717, 1.165) is 24.3 Å². The van der Waals surface area contributed by atoms with E-state index in [0.29, 0.717) is 0 Å². The lowest BCUT2D eigenvalue weighted by Crippen LogP contribution is -2.26. The molecular weight excluding hydrogens is 196 g/mol. The Morgan fingerprint density at radius 1 is 1.19 bits per heavy atom. The van der Waals surface area contributed by atoms with E-state index in [1.54, 1.807) is 0 Å². The number of rotatable bonds is 4. The molecule has 0 aromatic heterocycles. The summed E-state index contributed by atoms with van der Waals surface area (Å²) in [6.45, 7) is 4.98. The maximum Gasteiger partial charge on any atom is 0.0233 e. The van der Waals surface area contributed by atoms with Gasteiger partial charge in [-0.2, -0.15) is 0 Å². The summed E-state index contributed by atoms with van der Waals surface area (Å²) in [5.74, 6) is 2.93. The van der Waals surface area contributed by atoms with Crippen molar-refractivity contribution in [2.75, 3.05) is 26.7 Å². The van der Waals surface area contributed by atoms with Crippen LogP contribution >= 0.6 is 0 Å². The Bertz CT molecular complexity index is 337. The van der Waals surface area contributed by atoms with Crippen LogP contribution < -0.4 is 5.32 Å². The highest BCUT2D eigenvalue weighted by Gasteiger charge is 2.54. The van der Waals surface area contributed by atoms with Crippen molar-refractivity contribution in [2.45, 2.75) is 6.54 Å². The quantitative estimate of drug-likeness (QED) is 0.822. The molecule has 2 atom stereocenters. The number of hydrogen-bond donors (Lipinski definition) is 1. The zero-order valence-electron chi connectivity index (χ0n) is 9.89. The first kappa shape index (κ1) is 10.3. The molecule has 2 fully saturated rings. The summed E-state index contributed by atoms with van der Waals surface area (Å²) in [4.78, 5) is 2.61. The Hall–Kier alpha value is -0.860. The number of nitrogens with zero attached hydrogens (tertiary/aromatic N) is 1. The maximum absolute atomic E-state index is 3.30. The van der Waals surface area contributed by atoms with E-state index in [-0.39, 0.29) is 0 Å². The van der Waals surface area contributed by atoms with Crippen molar-refractivity contribution in [3.05, 3.63) is 35.9 Å². The van der Waals surface area contributed by atoms with Crippen molar-refractivity contribution in [3.8, 4) is 0 Å². The summed E-state index contributed by atoms with van der Waals surface area (Å²) in [6.07, 6.45) is 0. The van der Waals surface area contributed by atoms with Crippen LogP contribution in [0.25, 0.3) is 0 Å². The van der Waals surface area contributed by atoms with Crippen molar-refractivity contribution < 1.29 is 0 Å². The molecule has 0 bridgehead atoms. The van der Waals surface area contributed by atoms with Gasteiger partial charge in [-0.05, 0) is 36.9 Å². The molecule has 1 saturated heterocycles. The van der Waals surface area contributed by atoms with Crippen LogP contribution in [-0.2, 0) is 6.54 Å². The molecule has 1 saturated carbocycles. The van der Waals surface area contributed by atoms with E-state index in [9.17, 15) is 0 Å². The zero-order chi connectivity index (χ0) is 11.0. The van der Waals surface area contributed by atoms with Crippen LogP contribution in [0.2, 0.25) is 0 Å². The fraction of sp³-hybridized carbons (Fsp3) is 0.571. The van der Waals surface area contributed by atoms with E-state index in [2.05, 4.69) is 47.6 Å². The van der Waals surface area contributed by atoms with Gasteiger partial charge in [0, 0.05) is 19.6 Å². The fourth-order valence-corrected chi connectivity index (χ4v) is 3.25. The average Bonchev–Trinajstić information content (AvgIpc) is 2.76. The predicted molar refractivity (Wildman–Crippen MR) is 66.1 cm³/mol. The molecule has 2 unspecified atom stereocenters. The van der Waals surface area contributed by atoms with Crippen LogP contribution in [0.1, 0.15) is 5.56 Å². The second kappa shape index (κ2) is 4.19. The van der Waals surface area contributed by atoms with Gasteiger partial charge in [0.25, 0.3) is 0 Å². The van der Waals surface area contributed by atoms with Gasteiger partial charge >= 0.3 is 0 Å². The summed E-state index contributed by atoms with van der Waals surface area (Å²) < 4.78 is 0. The zero-order valence-corrected chi connectivity index (χ0v) is 9.89. The lowest BCUT2D eigenvalue weighted by molar-refractivity contribution is 0.276. The molecule has 1 aliphatic heterocycles. The van der Waals surface area contributed by atoms with Crippen molar-refractivity contribution in [1.82, 2.24) is 10.2 Å². The predicted octanol–water partition coefficient (Wildman–Crippen LogP) is 1.58. The molecule has 2 nitrogen and oxygen atoms in total. The monoisotopic (exact) mass is 216 g/mol. The van der Waals surface area contributed by atoms with E-state index in [4.69, 9.17) is 0 Å². The average molecular weight is 216 g/mol. The van der Waals surface area contributed by atoms with E-state index in [1.165, 1.54) is 25.2 Å². The van der Waals surface area contributed by atoms with Crippen molar-refractivity contribution >= 4 is 0 Å². The normalized spacial score (nSPS) is 32.7. The second-order valence-electron chi connectivity index (χ2n) is 5.23. The summed E-state index contributed by atoms with van der Waals surface area (Å²) in [5.41, 5.74) is 1.45. The molecule has 0 spiro atoms. The molecular formula is C14H20N2. The van der Waals surface area contributed by atoms with Crippen LogP contribution in [0, 0.1) is 17.8 Å². The number of fused-ring (bicyclic) bond motifs is 1. The second-order valence-corrected chi connectivity index (χ2v) is 5.23. The van der Waals surface area contributed by atoms with Gasteiger partial charge in [0.15, 0.2) is 0 Å². The minimum Gasteiger partial charge on any atom is -0.319 e. The molecule has 1 N–H and O–H groups in total. The molecule has 2 heteroatoms. The van der Waals surface area contributed by atoms with Crippen molar-refractivity contribution in [1.29, 1.82) is 0 Å². The SMILES string of the molecule is CNCC1C2CN(Cc3ccccc3)CC12. The highest BCUT2D eigenvalue weighted by molar-refractivity contribution is 5.16. The summed E-state index contributed by atoms with van der Waals surface area (Å²) in [7, 11) is 2.07. The van der Waals surface area contributed by atoms with Crippen LogP contribution in [0.5, 0.6) is 0 Å². The van der Waals surface area contributed by atoms with Gasteiger partial charge in [-0.25, -0.2) is 0 Å². The Kier molecular flexibility index (Phi) is 2.70. The maximum atomic E-state index is 3.30. The van der Waals surface area contributed by atoms with Crippen LogP contribution in [-0.4, -0.2) is 31.6 Å². The highest BCUT2D eigenvalue weighted by Crippen LogP contribution is 2.51. The smallest absolute Gasteiger partial charge is 0.0233 e. The minimum atomic E-state index is 0.969. The van der Waals surface area contributed by atoms with Crippen LogP contribution in [0.4, 0.5) is 0 Å². The van der Waals surface area contributed by atoms with Gasteiger partial charge in [-0.1, -0.05) is 30.3 Å². The molecule has 0 amide bonds. The highest BCUT2D eigenvalue weighted by atomic mass is 15.2. The lowest BCUT2D eigenvalue weighted by Gasteiger charge is -2.19. The van der Waals surface area contributed by atoms with E-state index in [1.807, 2.05) is 0 Å². The molecule has 1 aromatic rings. The first-order valence-corrected chi connectivity index (χ1v) is 6.29. The lowest BCUT2D eigenvalue weighted by atomic mass is 10.2. The summed E-state index contributed by atoms with van der Waals surface area (Å²) >= 11 is 0. The number of benzene rings is 1. The van der Waals surface area contributed by atoms with Gasteiger partial charge in [0.1, 0.15) is 0 Å². The molecule has 3 rings (SSSR count). The molecule has 1 aliphatic carbocycles. The Balaban J connectivity index is 1.51. The Morgan fingerprint density at radius 3 is 2.50 bits per heavy atom. The molecule has 1 heterocycles. The van der Waals surface area contributed by atoms with Gasteiger partial charge in [0.05, 0.1) is 0 Å². The van der Waals surface area contributed by atoms with E-state index < -0.39 is 0 Å². The standard InChI is InChI=1S/C14H20N2/c1-15-7-12-13-9-16(10-14(12)13)8-11-5-3-2-4-6-11/h2-6,12-15H,7-10H2,1H3. The molecule has 16 heavy (non-hydrogen) atoms. The van der Waals surface area contributed by atoms with Gasteiger partial charge in [-0.3, -0.25) is 4.90 Å². The van der Waals surface area contributed by atoms with Crippen molar-refractivity contribution in [3.63, 3.8) is 0 Å². The Morgan fingerprint density at radius 2 is 1.88 bits per heavy atom. The topological polar surface area (TPSA) is 15.3 Å². The fourth-order valence-electron chi connectivity index (χ4n) is 3.25. The number of nitrogens with one attached hydrogen (secondary N) is 1. The summed E-state index contributed by atoms with van der Waals surface area (Å²) in [6, 6.07) is 10.8. The largest absolute Gasteiger partial charge is 0.319 e. The van der Waals surface area contributed by atoms with Gasteiger partial charge in [-0.15, -0.1) is 0 Å². The van der Waals surface area contributed by atoms with E-state index >= 15 is 0 Å². The number of hydrogen-bond acceptors (Lipinski definition) is 2. The third kappa shape index (κ3) is 1.87. The molecule has 2 aliphatic rings. The van der Waals surface area contributed by atoms with Crippen LogP contribution in [0.15, 0.2) is 30.3 Å². The number of piperidine rings is 1.